The average molecular weight is 276 g/mol. The number of benzene rings is 2. The van der Waals surface area contributed by atoms with Crippen molar-refractivity contribution in [3.63, 3.8) is 0 Å². The van der Waals surface area contributed by atoms with Gasteiger partial charge >= 0.3 is 0 Å². The molecule has 4 heteroatoms. The van der Waals surface area contributed by atoms with Crippen molar-refractivity contribution >= 4 is 22.8 Å². The molecule has 4 rings (SSSR count). The fourth-order valence-electron chi connectivity index (χ4n) is 2.27. The topological polar surface area (TPSA) is 43.7 Å². The normalized spacial score (nSPS) is 13.1. The van der Waals surface area contributed by atoms with E-state index in [1.807, 2.05) is 48.5 Å². The molecule has 0 N–H and O–H groups in total. The van der Waals surface area contributed by atoms with Crippen LogP contribution < -0.4 is 9.47 Å². The minimum Gasteiger partial charge on any atom is -0.454 e. The van der Waals surface area contributed by atoms with Crippen molar-refractivity contribution in [3.8, 4) is 11.5 Å². The van der Waals surface area contributed by atoms with Gasteiger partial charge in [0.15, 0.2) is 11.5 Å². The molecule has 102 valence electrons. The molecule has 0 spiro atoms. The molecule has 2 aromatic carbocycles. The van der Waals surface area contributed by atoms with Crippen molar-refractivity contribution in [1.82, 2.24) is 4.98 Å². The molecule has 1 aromatic heterocycles. The molecule has 1 aliphatic heterocycles. The highest BCUT2D eigenvalue weighted by molar-refractivity contribution is 5.85. The molecule has 0 unspecified atom stereocenters. The van der Waals surface area contributed by atoms with Crippen LogP contribution >= 0.6 is 0 Å². The Labute approximate surface area is 121 Å². The fourth-order valence-corrected chi connectivity index (χ4v) is 2.27. The van der Waals surface area contributed by atoms with Gasteiger partial charge in [-0.25, -0.2) is 0 Å². The SMILES string of the molecule is C(=Nc1cnc2ccccc2c1)c1ccc2c(c1)OCO2. The third kappa shape index (κ3) is 2.31. The molecular weight excluding hydrogens is 264 g/mol. The fraction of sp³-hybridized carbons (Fsp3) is 0.0588. The summed E-state index contributed by atoms with van der Waals surface area (Å²) < 4.78 is 10.6. The quantitative estimate of drug-likeness (QED) is 0.670. The molecule has 0 atom stereocenters. The third-order valence-electron chi connectivity index (χ3n) is 3.34. The van der Waals surface area contributed by atoms with Crippen molar-refractivity contribution in [2.24, 2.45) is 4.99 Å². The van der Waals surface area contributed by atoms with E-state index in [1.165, 1.54) is 0 Å². The number of hydrogen-bond donors (Lipinski definition) is 0. The van der Waals surface area contributed by atoms with E-state index in [0.29, 0.717) is 0 Å². The molecular formula is C17H12N2O2. The van der Waals surface area contributed by atoms with Crippen LogP contribution in [0.5, 0.6) is 11.5 Å². The minimum absolute atomic E-state index is 0.282. The van der Waals surface area contributed by atoms with E-state index in [2.05, 4.69) is 9.98 Å². The molecule has 4 nitrogen and oxygen atoms in total. The van der Waals surface area contributed by atoms with Gasteiger partial charge in [0.05, 0.1) is 17.4 Å². The molecule has 0 saturated carbocycles. The number of rotatable bonds is 2. The Morgan fingerprint density at radius 1 is 1.00 bits per heavy atom. The van der Waals surface area contributed by atoms with Crippen LogP contribution in [0.25, 0.3) is 10.9 Å². The number of para-hydroxylation sites is 1. The molecule has 0 amide bonds. The van der Waals surface area contributed by atoms with Gasteiger partial charge in [-0.05, 0) is 35.9 Å². The summed E-state index contributed by atoms with van der Waals surface area (Å²) in [6.07, 6.45) is 3.57. The van der Waals surface area contributed by atoms with Gasteiger partial charge in [0.2, 0.25) is 6.79 Å². The van der Waals surface area contributed by atoms with Crippen LogP contribution in [0.3, 0.4) is 0 Å². The van der Waals surface area contributed by atoms with Gasteiger partial charge in [-0.3, -0.25) is 9.98 Å². The molecule has 2 heterocycles. The summed E-state index contributed by atoms with van der Waals surface area (Å²) >= 11 is 0. The zero-order chi connectivity index (χ0) is 14.1. The van der Waals surface area contributed by atoms with E-state index >= 15 is 0 Å². The summed E-state index contributed by atoms with van der Waals surface area (Å²) in [6.45, 7) is 0.282. The second-order valence-corrected chi connectivity index (χ2v) is 4.76. The lowest BCUT2D eigenvalue weighted by atomic mass is 10.2. The van der Waals surface area contributed by atoms with Gasteiger partial charge in [-0.1, -0.05) is 18.2 Å². The van der Waals surface area contributed by atoms with Gasteiger partial charge in [0.1, 0.15) is 0 Å². The van der Waals surface area contributed by atoms with E-state index in [1.54, 1.807) is 12.4 Å². The van der Waals surface area contributed by atoms with Gasteiger partial charge in [-0.2, -0.15) is 0 Å². The van der Waals surface area contributed by atoms with Gasteiger partial charge in [-0.15, -0.1) is 0 Å². The van der Waals surface area contributed by atoms with E-state index in [4.69, 9.17) is 9.47 Å². The zero-order valence-electron chi connectivity index (χ0n) is 11.2. The smallest absolute Gasteiger partial charge is 0.231 e. The van der Waals surface area contributed by atoms with Crippen LogP contribution in [-0.2, 0) is 0 Å². The Kier molecular flexibility index (Phi) is 2.78. The Morgan fingerprint density at radius 2 is 1.90 bits per heavy atom. The molecule has 3 aromatic rings. The van der Waals surface area contributed by atoms with Crippen LogP contribution in [0.4, 0.5) is 5.69 Å². The van der Waals surface area contributed by atoms with Crippen molar-refractivity contribution in [2.45, 2.75) is 0 Å². The van der Waals surface area contributed by atoms with Crippen LogP contribution in [0.1, 0.15) is 5.56 Å². The summed E-state index contributed by atoms with van der Waals surface area (Å²) in [5.74, 6) is 1.54. The number of hydrogen-bond acceptors (Lipinski definition) is 4. The maximum Gasteiger partial charge on any atom is 0.231 e. The third-order valence-corrected chi connectivity index (χ3v) is 3.34. The van der Waals surface area contributed by atoms with Gasteiger partial charge in [0.25, 0.3) is 0 Å². The summed E-state index contributed by atoms with van der Waals surface area (Å²) in [6, 6.07) is 15.8. The van der Waals surface area contributed by atoms with Crippen molar-refractivity contribution < 1.29 is 9.47 Å². The highest BCUT2D eigenvalue weighted by Crippen LogP contribution is 2.32. The highest BCUT2D eigenvalue weighted by Gasteiger charge is 2.12. The van der Waals surface area contributed by atoms with Crippen LogP contribution in [-0.4, -0.2) is 18.0 Å². The Bertz CT molecular complexity index is 843. The largest absolute Gasteiger partial charge is 0.454 e. The van der Waals surface area contributed by atoms with Gasteiger partial charge < -0.3 is 9.47 Å². The first-order valence-electron chi connectivity index (χ1n) is 6.67. The Balaban J connectivity index is 1.64. The molecule has 21 heavy (non-hydrogen) atoms. The van der Waals surface area contributed by atoms with Crippen LogP contribution in [0, 0.1) is 0 Å². The molecule has 0 aliphatic carbocycles. The maximum atomic E-state index is 5.35. The first-order chi connectivity index (χ1) is 10.4. The van der Waals surface area contributed by atoms with Crippen molar-refractivity contribution in [1.29, 1.82) is 0 Å². The molecule has 0 bridgehead atoms. The Hall–Kier alpha value is -2.88. The van der Waals surface area contributed by atoms with Crippen LogP contribution in [0.15, 0.2) is 59.7 Å². The predicted octanol–water partition coefficient (Wildman–Crippen LogP) is 3.71. The number of fused-ring (bicyclic) bond motifs is 2. The van der Waals surface area contributed by atoms with Gasteiger partial charge in [0, 0.05) is 11.6 Å². The van der Waals surface area contributed by atoms with Crippen molar-refractivity contribution in [3.05, 3.63) is 60.3 Å². The summed E-state index contributed by atoms with van der Waals surface area (Å²) in [7, 11) is 0. The zero-order valence-corrected chi connectivity index (χ0v) is 11.2. The second-order valence-electron chi connectivity index (χ2n) is 4.76. The van der Waals surface area contributed by atoms with Crippen molar-refractivity contribution in [2.75, 3.05) is 6.79 Å². The summed E-state index contributed by atoms with van der Waals surface area (Å²) in [5, 5.41) is 1.08. The first kappa shape index (κ1) is 11.9. The minimum atomic E-state index is 0.282. The lowest BCUT2D eigenvalue weighted by Crippen LogP contribution is -1.92. The molecule has 0 saturated heterocycles. The monoisotopic (exact) mass is 276 g/mol. The second kappa shape index (κ2) is 4.90. The Morgan fingerprint density at radius 3 is 2.90 bits per heavy atom. The lowest BCUT2D eigenvalue weighted by molar-refractivity contribution is 0.174. The number of aromatic nitrogens is 1. The predicted molar refractivity (Wildman–Crippen MR) is 81.6 cm³/mol. The van der Waals surface area contributed by atoms with E-state index in [9.17, 15) is 0 Å². The molecule has 0 radical (unpaired) electrons. The molecule has 0 fully saturated rings. The number of aliphatic imine (C=N–C) groups is 1. The summed E-state index contributed by atoms with van der Waals surface area (Å²) in [5.41, 5.74) is 2.76. The average Bonchev–Trinajstić information content (AvgIpc) is 3.00. The lowest BCUT2D eigenvalue weighted by Gasteiger charge is -1.99. The first-order valence-corrected chi connectivity index (χ1v) is 6.67. The van der Waals surface area contributed by atoms with E-state index in [0.717, 1.165) is 33.7 Å². The highest BCUT2D eigenvalue weighted by atomic mass is 16.7. The maximum absolute atomic E-state index is 5.35. The summed E-state index contributed by atoms with van der Waals surface area (Å²) in [4.78, 5) is 8.86. The van der Waals surface area contributed by atoms with E-state index < -0.39 is 0 Å². The molecule has 1 aliphatic rings. The number of nitrogens with zero attached hydrogens (tertiary/aromatic N) is 2. The standard InChI is InChI=1S/C17H12N2O2/c1-2-4-15-13(3-1)8-14(10-19-15)18-9-12-5-6-16-17(7-12)21-11-20-16/h1-10H,11H2. The number of ether oxygens (including phenoxy) is 2. The number of pyridine rings is 1. The van der Waals surface area contributed by atoms with E-state index in [-0.39, 0.29) is 6.79 Å². The van der Waals surface area contributed by atoms with Crippen LogP contribution in [0.2, 0.25) is 0 Å².